The van der Waals surface area contributed by atoms with E-state index < -0.39 is 11.7 Å². The smallest absolute Gasteiger partial charge is 0.262 e. The summed E-state index contributed by atoms with van der Waals surface area (Å²) >= 11 is 8.36. The van der Waals surface area contributed by atoms with E-state index in [4.69, 9.17) is 17.0 Å². The van der Waals surface area contributed by atoms with Gasteiger partial charge in [-0.05, 0) is 48.6 Å². The molecule has 0 saturated carbocycles. The first-order chi connectivity index (χ1) is 12.0. The van der Waals surface area contributed by atoms with Gasteiger partial charge in [-0.25, -0.2) is 4.39 Å². The Bertz CT molecular complexity index is 814. The second kappa shape index (κ2) is 9.14. The molecule has 0 unspecified atom stereocenters. The molecule has 0 spiro atoms. The van der Waals surface area contributed by atoms with E-state index in [9.17, 15) is 9.18 Å². The van der Waals surface area contributed by atoms with Crippen LogP contribution in [0.5, 0.6) is 5.75 Å². The Balaban J connectivity index is 1.89. The number of benzene rings is 2. The van der Waals surface area contributed by atoms with E-state index in [1.807, 2.05) is 12.1 Å². The fourth-order valence-corrected chi connectivity index (χ4v) is 2.42. The zero-order chi connectivity index (χ0) is 18.2. The molecule has 2 aromatic rings. The molecule has 5 nitrogen and oxygen atoms in total. The molecule has 2 rings (SSSR count). The average Bonchev–Trinajstić information content (AvgIpc) is 2.60. The van der Waals surface area contributed by atoms with Gasteiger partial charge in [0.1, 0.15) is 11.6 Å². The third-order valence-corrected chi connectivity index (χ3v) is 3.72. The summed E-state index contributed by atoms with van der Waals surface area (Å²) in [5.74, 6) is -0.240. The zero-order valence-electron chi connectivity index (χ0n) is 13.2. The van der Waals surface area contributed by atoms with Gasteiger partial charge >= 0.3 is 0 Å². The maximum atomic E-state index is 13.5. The van der Waals surface area contributed by atoms with Crippen LogP contribution in [-0.2, 0) is 4.79 Å². The van der Waals surface area contributed by atoms with Crippen molar-refractivity contribution in [2.45, 2.75) is 0 Å². The standard InChI is InChI=1S/C17H15BrFN3O2S/c1-24-15-8-7-12(18)10-11(15)6-9-16(23)21-22-17(25)20-14-5-3-2-4-13(14)19/h2-10H,1H3,(H,21,23)(H2,20,22,25)/b9-6+. The van der Waals surface area contributed by atoms with Crippen molar-refractivity contribution >= 4 is 50.9 Å². The number of anilines is 1. The summed E-state index contributed by atoms with van der Waals surface area (Å²) in [4.78, 5) is 11.9. The van der Waals surface area contributed by atoms with Crippen molar-refractivity contribution in [3.8, 4) is 5.75 Å². The van der Waals surface area contributed by atoms with Crippen LogP contribution in [0.1, 0.15) is 5.56 Å². The van der Waals surface area contributed by atoms with Crippen LogP contribution in [0, 0.1) is 5.82 Å². The van der Waals surface area contributed by atoms with Gasteiger partial charge < -0.3 is 10.1 Å². The van der Waals surface area contributed by atoms with Crippen molar-refractivity contribution in [2.24, 2.45) is 0 Å². The summed E-state index contributed by atoms with van der Waals surface area (Å²) < 4.78 is 19.6. The molecule has 0 aliphatic carbocycles. The number of halogens is 2. The number of carbonyl (C=O) groups excluding carboxylic acids is 1. The molecule has 0 radical (unpaired) electrons. The van der Waals surface area contributed by atoms with Crippen molar-refractivity contribution in [1.29, 1.82) is 0 Å². The molecule has 0 heterocycles. The van der Waals surface area contributed by atoms with Gasteiger partial charge in [0, 0.05) is 16.1 Å². The normalized spacial score (nSPS) is 10.4. The topological polar surface area (TPSA) is 62.4 Å². The highest BCUT2D eigenvalue weighted by molar-refractivity contribution is 9.10. The molecule has 0 saturated heterocycles. The highest BCUT2D eigenvalue weighted by atomic mass is 79.9. The molecule has 8 heteroatoms. The molecular formula is C17H15BrFN3O2S. The molecule has 0 aliphatic rings. The van der Waals surface area contributed by atoms with Crippen molar-refractivity contribution in [2.75, 3.05) is 12.4 Å². The van der Waals surface area contributed by atoms with E-state index in [0.29, 0.717) is 5.75 Å². The highest BCUT2D eigenvalue weighted by Crippen LogP contribution is 2.23. The van der Waals surface area contributed by atoms with Crippen LogP contribution in [0.15, 0.2) is 53.0 Å². The first-order valence-corrected chi connectivity index (χ1v) is 8.33. The van der Waals surface area contributed by atoms with Gasteiger partial charge in [0.2, 0.25) is 0 Å². The lowest BCUT2D eigenvalue weighted by Gasteiger charge is -2.11. The van der Waals surface area contributed by atoms with Crippen LogP contribution in [0.3, 0.4) is 0 Å². The summed E-state index contributed by atoms with van der Waals surface area (Å²) in [5.41, 5.74) is 5.83. The van der Waals surface area contributed by atoms with Crippen LogP contribution in [0.25, 0.3) is 6.08 Å². The Labute approximate surface area is 158 Å². The predicted octanol–water partition coefficient (Wildman–Crippen LogP) is 3.63. The summed E-state index contributed by atoms with van der Waals surface area (Å²) in [6, 6.07) is 11.5. The Morgan fingerprint density at radius 3 is 2.72 bits per heavy atom. The molecule has 0 aliphatic heterocycles. The molecular weight excluding hydrogens is 409 g/mol. The van der Waals surface area contributed by atoms with Crippen LogP contribution >= 0.6 is 28.1 Å². The van der Waals surface area contributed by atoms with Gasteiger partial charge in [-0.1, -0.05) is 28.1 Å². The van der Waals surface area contributed by atoms with Gasteiger partial charge in [0.25, 0.3) is 5.91 Å². The quantitative estimate of drug-likeness (QED) is 0.398. The Morgan fingerprint density at radius 2 is 2.00 bits per heavy atom. The van der Waals surface area contributed by atoms with Gasteiger partial charge in [-0.2, -0.15) is 0 Å². The molecule has 0 aromatic heterocycles. The molecule has 2 aromatic carbocycles. The Morgan fingerprint density at radius 1 is 1.24 bits per heavy atom. The number of nitrogens with one attached hydrogen (secondary N) is 3. The second-order valence-corrected chi connectivity index (χ2v) is 6.09. The maximum Gasteiger partial charge on any atom is 0.262 e. The van der Waals surface area contributed by atoms with E-state index in [0.717, 1.165) is 10.0 Å². The number of carbonyl (C=O) groups is 1. The number of hydrazine groups is 1. The number of thiocarbonyl (C=S) groups is 1. The SMILES string of the molecule is COc1ccc(Br)cc1/C=C/C(=O)NNC(=S)Nc1ccccc1F. The van der Waals surface area contributed by atoms with Crippen LogP contribution < -0.4 is 20.9 Å². The fourth-order valence-electron chi connectivity index (χ4n) is 1.88. The minimum absolute atomic E-state index is 0.0619. The Hall–Kier alpha value is -2.45. The molecule has 1 amide bonds. The molecule has 0 atom stereocenters. The minimum Gasteiger partial charge on any atom is -0.496 e. The third kappa shape index (κ3) is 5.84. The largest absolute Gasteiger partial charge is 0.496 e. The summed E-state index contributed by atoms with van der Waals surface area (Å²) in [7, 11) is 1.55. The molecule has 25 heavy (non-hydrogen) atoms. The predicted molar refractivity (Wildman–Crippen MR) is 104 cm³/mol. The highest BCUT2D eigenvalue weighted by Gasteiger charge is 2.04. The molecule has 3 N–H and O–H groups in total. The van der Waals surface area contributed by atoms with Crippen molar-refractivity contribution in [3.63, 3.8) is 0 Å². The number of para-hydroxylation sites is 1. The van der Waals surface area contributed by atoms with Gasteiger partial charge in [-0.3, -0.25) is 15.6 Å². The number of rotatable bonds is 4. The number of amides is 1. The van der Waals surface area contributed by atoms with Crippen LogP contribution in [0.2, 0.25) is 0 Å². The average molecular weight is 424 g/mol. The van der Waals surface area contributed by atoms with Gasteiger partial charge in [-0.15, -0.1) is 0 Å². The van der Waals surface area contributed by atoms with E-state index in [1.165, 1.54) is 18.2 Å². The lowest BCUT2D eigenvalue weighted by molar-refractivity contribution is -0.116. The first kappa shape index (κ1) is 18.9. The van der Waals surface area contributed by atoms with Gasteiger partial charge in [0.05, 0.1) is 12.8 Å². The van der Waals surface area contributed by atoms with E-state index in [-0.39, 0.29) is 10.8 Å². The second-order valence-electron chi connectivity index (χ2n) is 4.77. The third-order valence-electron chi connectivity index (χ3n) is 3.03. The van der Waals surface area contributed by atoms with Crippen molar-refractivity contribution < 1.29 is 13.9 Å². The van der Waals surface area contributed by atoms with Crippen molar-refractivity contribution in [3.05, 3.63) is 64.4 Å². The number of ether oxygens (including phenoxy) is 1. The zero-order valence-corrected chi connectivity index (χ0v) is 15.6. The number of methoxy groups -OCH3 is 1. The summed E-state index contributed by atoms with van der Waals surface area (Å²) in [5, 5.41) is 2.71. The van der Waals surface area contributed by atoms with Crippen LogP contribution in [-0.4, -0.2) is 18.1 Å². The van der Waals surface area contributed by atoms with Crippen molar-refractivity contribution in [1.82, 2.24) is 10.9 Å². The maximum absolute atomic E-state index is 13.5. The summed E-state index contributed by atoms with van der Waals surface area (Å²) in [6.45, 7) is 0. The number of hydrogen-bond acceptors (Lipinski definition) is 3. The van der Waals surface area contributed by atoms with E-state index in [2.05, 4.69) is 32.1 Å². The minimum atomic E-state index is -0.445. The van der Waals surface area contributed by atoms with Crippen LogP contribution in [0.4, 0.5) is 10.1 Å². The molecule has 0 bridgehead atoms. The fraction of sp³-hybridized carbons (Fsp3) is 0.0588. The van der Waals surface area contributed by atoms with Gasteiger partial charge in [0.15, 0.2) is 5.11 Å². The number of hydrogen-bond donors (Lipinski definition) is 3. The summed E-state index contributed by atoms with van der Waals surface area (Å²) in [6.07, 6.45) is 2.93. The first-order valence-electron chi connectivity index (χ1n) is 7.12. The van der Waals surface area contributed by atoms with E-state index in [1.54, 1.807) is 31.4 Å². The molecule has 130 valence electrons. The van der Waals surface area contributed by atoms with E-state index >= 15 is 0 Å². The molecule has 0 fully saturated rings. The lowest BCUT2D eigenvalue weighted by atomic mass is 10.2. The Kier molecular flexibility index (Phi) is 6.91. The monoisotopic (exact) mass is 423 g/mol. The lowest BCUT2D eigenvalue weighted by Crippen LogP contribution is -2.43.